The van der Waals surface area contributed by atoms with E-state index in [0.29, 0.717) is 5.82 Å². The SMILES string of the molecule is Cn1cnc(-c2nn(-c3ccc(C4(NC(=O)OC(C)(C)C)CCC4)cc3)c3c4cc(-c5ccc(F)cc5)cnc4cc[n+]23)c1. The molecule has 1 aliphatic carbocycles. The van der Waals surface area contributed by atoms with E-state index >= 15 is 0 Å². The van der Waals surface area contributed by atoms with Crippen molar-refractivity contribution >= 4 is 22.6 Å². The summed E-state index contributed by atoms with van der Waals surface area (Å²) in [6, 6.07) is 18.6. The van der Waals surface area contributed by atoms with E-state index in [4.69, 9.17) is 14.8 Å². The van der Waals surface area contributed by atoms with Gasteiger partial charge in [0, 0.05) is 25.0 Å². The standard InChI is InChI=1S/C34H32FN7O2/c1-33(2,3)44-32(43)38-34(15-5-16-34)24-8-12-26(13-9-24)42-31-27-18-23(22-6-10-25(35)11-7-22)19-36-28(27)14-17-41(31)30(39-42)29-20-40(4)21-37-29/h6-14,17-21H,5,15-16H2,1-4H3/p+1. The topological polar surface area (TPSA) is 91.0 Å². The first kappa shape index (κ1) is 27.7. The number of ether oxygens (including phenoxy) is 1. The smallest absolute Gasteiger partial charge is 0.408 e. The van der Waals surface area contributed by atoms with Gasteiger partial charge in [-0.25, -0.2) is 14.2 Å². The molecule has 4 heterocycles. The number of carbonyl (C=O) groups is 1. The van der Waals surface area contributed by atoms with Gasteiger partial charge in [-0.1, -0.05) is 28.9 Å². The number of rotatable bonds is 5. The summed E-state index contributed by atoms with van der Waals surface area (Å²) in [5.74, 6) is 0.396. The van der Waals surface area contributed by atoms with Crippen LogP contribution in [0.1, 0.15) is 45.6 Å². The molecule has 10 heteroatoms. The molecule has 2 aromatic carbocycles. The molecule has 1 amide bonds. The van der Waals surface area contributed by atoms with Crippen LogP contribution in [0.4, 0.5) is 9.18 Å². The van der Waals surface area contributed by atoms with Crippen LogP contribution in [0.5, 0.6) is 0 Å². The molecule has 0 aliphatic heterocycles. The molecule has 0 unspecified atom stereocenters. The van der Waals surface area contributed by atoms with E-state index in [-0.39, 0.29) is 5.82 Å². The fourth-order valence-electron chi connectivity index (χ4n) is 5.83. The average Bonchev–Trinajstić information content (AvgIpc) is 3.58. The number of pyridine rings is 2. The van der Waals surface area contributed by atoms with Crippen LogP contribution < -0.4 is 9.72 Å². The molecule has 1 fully saturated rings. The second kappa shape index (κ2) is 10.3. The molecule has 44 heavy (non-hydrogen) atoms. The van der Waals surface area contributed by atoms with Gasteiger partial charge in [0.1, 0.15) is 17.1 Å². The molecule has 0 radical (unpaired) electrons. The lowest BCUT2D eigenvalue weighted by atomic mass is 9.72. The van der Waals surface area contributed by atoms with Crippen LogP contribution in [0.25, 0.3) is 44.9 Å². The van der Waals surface area contributed by atoms with Crippen LogP contribution in [-0.2, 0) is 17.3 Å². The molecule has 0 atom stereocenters. The van der Waals surface area contributed by atoms with Crippen molar-refractivity contribution in [2.75, 3.05) is 0 Å². The lowest BCUT2D eigenvalue weighted by Crippen LogP contribution is -2.52. The number of fused-ring (bicyclic) bond motifs is 3. The number of hydrogen-bond donors (Lipinski definition) is 1. The Kier molecular flexibility index (Phi) is 6.46. The number of nitrogens with one attached hydrogen (secondary N) is 1. The van der Waals surface area contributed by atoms with Crippen LogP contribution in [0.15, 0.2) is 85.6 Å². The van der Waals surface area contributed by atoms with E-state index in [9.17, 15) is 9.18 Å². The lowest BCUT2D eigenvalue weighted by Gasteiger charge is -2.43. The van der Waals surface area contributed by atoms with Gasteiger partial charge in [0.05, 0.1) is 34.1 Å². The van der Waals surface area contributed by atoms with Gasteiger partial charge in [-0.05, 0) is 87.6 Å². The predicted molar refractivity (Wildman–Crippen MR) is 165 cm³/mol. The van der Waals surface area contributed by atoms with E-state index in [1.54, 1.807) is 24.7 Å². The lowest BCUT2D eigenvalue weighted by molar-refractivity contribution is -0.498. The first-order valence-electron chi connectivity index (χ1n) is 14.7. The average molecular weight is 591 g/mol. The third-order valence-corrected chi connectivity index (χ3v) is 8.12. The molecule has 0 bridgehead atoms. The summed E-state index contributed by atoms with van der Waals surface area (Å²) in [5, 5.41) is 9.08. The number of amides is 1. The van der Waals surface area contributed by atoms with Crippen LogP contribution >= 0.6 is 0 Å². The Labute approximate surface area is 254 Å². The maximum Gasteiger partial charge on any atom is 0.408 e. The number of nitrogens with zero attached hydrogens (tertiary/aromatic N) is 6. The molecule has 6 aromatic rings. The van der Waals surface area contributed by atoms with Crippen LogP contribution in [-0.4, -0.2) is 36.0 Å². The number of aryl methyl sites for hydroxylation is 1. The number of halogens is 1. The molecule has 9 nitrogen and oxygen atoms in total. The summed E-state index contributed by atoms with van der Waals surface area (Å²) < 4.78 is 25.0. The van der Waals surface area contributed by atoms with Gasteiger partial charge >= 0.3 is 11.9 Å². The van der Waals surface area contributed by atoms with Gasteiger partial charge in [0.2, 0.25) is 0 Å². The maximum absolute atomic E-state index is 13.7. The monoisotopic (exact) mass is 590 g/mol. The van der Waals surface area contributed by atoms with Gasteiger partial charge in [-0.15, -0.1) is 0 Å². The molecule has 0 spiro atoms. The normalized spacial score (nSPS) is 14.5. The Morgan fingerprint density at radius 2 is 1.77 bits per heavy atom. The number of carbonyl (C=O) groups excluding carboxylic acids is 1. The molecule has 222 valence electrons. The van der Waals surface area contributed by atoms with Gasteiger partial charge in [-0.2, -0.15) is 4.40 Å². The molecule has 7 rings (SSSR count). The van der Waals surface area contributed by atoms with Crippen molar-refractivity contribution in [3.8, 4) is 28.3 Å². The van der Waals surface area contributed by atoms with E-state index < -0.39 is 17.2 Å². The van der Waals surface area contributed by atoms with Gasteiger partial charge < -0.3 is 14.6 Å². The van der Waals surface area contributed by atoms with Crippen molar-refractivity contribution in [1.29, 1.82) is 0 Å². The Balaban J connectivity index is 1.35. The Morgan fingerprint density at radius 1 is 1.02 bits per heavy atom. The van der Waals surface area contributed by atoms with Crippen molar-refractivity contribution in [2.45, 2.75) is 51.2 Å². The van der Waals surface area contributed by atoms with Crippen molar-refractivity contribution in [3.05, 3.63) is 97.0 Å². The van der Waals surface area contributed by atoms with Crippen molar-refractivity contribution in [1.82, 2.24) is 29.6 Å². The predicted octanol–water partition coefficient (Wildman–Crippen LogP) is 6.27. The maximum atomic E-state index is 13.7. The zero-order chi connectivity index (χ0) is 30.6. The minimum absolute atomic E-state index is 0.285. The Morgan fingerprint density at radius 3 is 2.41 bits per heavy atom. The van der Waals surface area contributed by atoms with Crippen molar-refractivity contribution in [2.24, 2.45) is 7.05 Å². The second-order valence-corrected chi connectivity index (χ2v) is 12.4. The molecule has 0 saturated heterocycles. The zero-order valence-corrected chi connectivity index (χ0v) is 25.1. The summed E-state index contributed by atoms with van der Waals surface area (Å²) in [6.07, 6.45) is 9.75. The van der Waals surface area contributed by atoms with Gasteiger partial charge in [-0.3, -0.25) is 4.98 Å². The minimum atomic E-state index is -0.572. The first-order chi connectivity index (χ1) is 21.1. The third kappa shape index (κ3) is 4.96. The summed E-state index contributed by atoms with van der Waals surface area (Å²) >= 11 is 0. The highest BCUT2D eigenvalue weighted by molar-refractivity contribution is 5.93. The van der Waals surface area contributed by atoms with E-state index in [1.165, 1.54) is 12.1 Å². The quantitative estimate of drug-likeness (QED) is 0.239. The summed E-state index contributed by atoms with van der Waals surface area (Å²) in [4.78, 5) is 22.0. The fourth-order valence-corrected chi connectivity index (χ4v) is 5.83. The highest BCUT2D eigenvalue weighted by Crippen LogP contribution is 2.42. The number of alkyl carbamates (subject to hydrolysis) is 1. The summed E-state index contributed by atoms with van der Waals surface area (Å²) in [6.45, 7) is 5.59. The number of hydrogen-bond acceptors (Lipinski definition) is 5. The molecule has 4 aromatic heterocycles. The highest BCUT2D eigenvalue weighted by Gasteiger charge is 2.41. The van der Waals surface area contributed by atoms with Crippen molar-refractivity contribution in [3.63, 3.8) is 0 Å². The van der Waals surface area contributed by atoms with Crippen LogP contribution in [0, 0.1) is 5.82 Å². The molecule has 1 aliphatic rings. The zero-order valence-electron chi connectivity index (χ0n) is 25.1. The Hall–Kier alpha value is -5.12. The molecule has 1 saturated carbocycles. The second-order valence-electron chi connectivity index (χ2n) is 12.4. The van der Waals surface area contributed by atoms with E-state index in [0.717, 1.165) is 63.9 Å². The van der Waals surface area contributed by atoms with Crippen LogP contribution in [0.3, 0.4) is 0 Å². The highest BCUT2D eigenvalue weighted by atomic mass is 19.1. The minimum Gasteiger partial charge on any atom is -0.444 e. The van der Waals surface area contributed by atoms with E-state index in [1.807, 2.05) is 72.1 Å². The van der Waals surface area contributed by atoms with Crippen molar-refractivity contribution < 1.29 is 18.3 Å². The van der Waals surface area contributed by atoms with Gasteiger partial charge in [0.25, 0.3) is 5.65 Å². The Bertz CT molecular complexity index is 2020. The number of imidazole rings is 1. The summed E-state index contributed by atoms with van der Waals surface area (Å²) in [7, 11) is 1.93. The largest absolute Gasteiger partial charge is 0.444 e. The molecule has 1 N–H and O–H groups in total. The molecular formula is C34H33FN7O2+. The first-order valence-corrected chi connectivity index (χ1v) is 14.7. The number of benzene rings is 2. The molecular weight excluding hydrogens is 557 g/mol. The fraction of sp³-hybridized carbons (Fsp3) is 0.265. The number of aromatic nitrogens is 6. The third-order valence-electron chi connectivity index (χ3n) is 8.12. The summed E-state index contributed by atoms with van der Waals surface area (Å²) in [5.41, 5.74) is 4.93. The van der Waals surface area contributed by atoms with Gasteiger partial charge in [0.15, 0.2) is 5.69 Å². The van der Waals surface area contributed by atoms with E-state index in [2.05, 4.69) is 28.5 Å². The van der Waals surface area contributed by atoms with Crippen LogP contribution in [0.2, 0.25) is 0 Å².